The quantitative estimate of drug-likeness (QED) is 0.564. The molecule has 5 heteroatoms. The number of H-pyrrole nitrogens is 1. The highest BCUT2D eigenvalue weighted by atomic mass is 28.3. The molecule has 2 heterocycles. The molecule has 4 nitrogen and oxygen atoms in total. The molecule has 86 valence electrons. The lowest BCUT2D eigenvalue weighted by Gasteiger charge is -2.03. The molecule has 17 heavy (non-hydrogen) atoms. The number of hydrogen-bond donors (Lipinski definition) is 1. The third-order valence-electron chi connectivity index (χ3n) is 2.02. The Balaban J connectivity index is 2.50. The predicted octanol–water partition coefficient (Wildman–Crippen LogP) is 1.55. The van der Waals surface area contributed by atoms with Crippen LogP contribution < -0.4 is 5.56 Å². The third-order valence-corrected chi connectivity index (χ3v) is 2.90. The molecule has 2 aromatic rings. The van der Waals surface area contributed by atoms with E-state index in [1.54, 1.807) is 12.3 Å². The van der Waals surface area contributed by atoms with Crippen molar-refractivity contribution in [3.8, 4) is 11.5 Å². The summed E-state index contributed by atoms with van der Waals surface area (Å²) in [5, 5.41) is 0.808. The SMILES string of the molecule is C[Si](C)(C)C#Cc1ncc2ccc(=O)[nH]c2n1. The fourth-order valence-corrected chi connectivity index (χ4v) is 1.73. The summed E-state index contributed by atoms with van der Waals surface area (Å²) in [5.74, 6) is 3.42. The van der Waals surface area contributed by atoms with Crippen LogP contribution in [0, 0.1) is 11.5 Å². The second-order valence-electron chi connectivity index (χ2n) is 4.82. The second kappa shape index (κ2) is 4.15. The summed E-state index contributed by atoms with van der Waals surface area (Å²) in [4.78, 5) is 22.2. The van der Waals surface area contributed by atoms with E-state index in [2.05, 4.69) is 46.1 Å². The average Bonchev–Trinajstić information content (AvgIpc) is 2.24. The molecule has 1 N–H and O–H groups in total. The summed E-state index contributed by atoms with van der Waals surface area (Å²) < 4.78 is 0. The number of rotatable bonds is 0. The van der Waals surface area contributed by atoms with E-state index in [0.717, 1.165) is 5.39 Å². The van der Waals surface area contributed by atoms with E-state index in [-0.39, 0.29) is 5.56 Å². The first-order valence-corrected chi connectivity index (χ1v) is 8.83. The van der Waals surface area contributed by atoms with Gasteiger partial charge in [-0.3, -0.25) is 4.79 Å². The second-order valence-corrected chi connectivity index (χ2v) is 9.57. The first-order chi connectivity index (χ1) is 7.94. The Morgan fingerprint density at radius 3 is 2.76 bits per heavy atom. The number of pyridine rings is 1. The minimum atomic E-state index is -1.43. The van der Waals surface area contributed by atoms with E-state index in [1.165, 1.54) is 6.07 Å². The molecule has 0 atom stereocenters. The van der Waals surface area contributed by atoms with Gasteiger partial charge in [-0.05, 0) is 12.0 Å². The number of nitrogens with one attached hydrogen (secondary N) is 1. The monoisotopic (exact) mass is 243 g/mol. The lowest BCUT2D eigenvalue weighted by Crippen LogP contribution is -2.16. The van der Waals surface area contributed by atoms with Crippen molar-refractivity contribution in [3.05, 3.63) is 34.5 Å². The van der Waals surface area contributed by atoms with Crippen molar-refractivity contribution >= 4 is 19.1 Å². The lowest BCUT2D eigenvalue weighted by molar-refractivity contribution is 1.13. The van der Waals surface area contributed by atoms with Crippen LogP contribution in [0.15, 0.2) is 23.1 Å². The van der Waals surface area contributed by atoms with E-state index in [9.17, 15) is 4.79 Å². The topological polar surface area (TPSA) is 58.6 Å². The van der Waals surface area contributed by atoms with Crippen molar-refractivity contribution in [2.24, 2.45) is 0 Å². The smallest absolute Gasteiger partial charge is 0.249 e. The standard InChI is InChI=1S/C12H13N3OSi/c1-17(2,3)7-6-10-13-8-9-4-5-11(16)15-12(9)14-10/h4-5,8H,1-3H3,(H,13,14,15,16). The maximum absolute atomic E-state index is 11.2. The van der Waals surface area contributed by atoms with Crippen LogP contribution in [0.25, 0.3) is 11.0 Å². The zero-order chi connectivity index (χ0) is 12.5. The van der Waals surface area contributed by atoms with Crippen molar-refractivity contribution < 1.29 is 0 Å². The molecule has 0 aromatic carbocycles. The predicted molar refractivity (Wildman–Crippen MR) is 70.4 cm³/mol. The molecule has 0 fully saturated rings. The van der Waals surface area contributed by atoms with Gasteiger partial charge in [0, 0.05) is 17.6 Å². The van der Waals surface area contributed by atoms with Gasteiger partial charge in [-0.1, -0.05) is 19.6 Å². The van der Waals surface area contributed by atoms with Crippen LogP contribution in [-0.2, 0) is 0 Å². The third kappa shape index (κ3) is 3.01. The van der Waals surface area contributed by atoms with Crippen LogP contribution in [0.4, 0.5) is 0 Å². The largest absolute Gasteiger partial charge is 0.306 e. The van der Waals surface area contributed by atoms with E-state index >= 15 is 0 Å². The Morgan fingerprint density at radius 2 is 2.06 bits per heavy atom. The van der Waals surface area contributed by atoms with Crippen molar-refractivity contribution in [2.75, 3.05) is 0 Å². The first kappa shape index (κ1) is 11.5. The Hall–Kier alpha value is -1.93. The highest BCUT2D eigenvalue weighted by Crippen LogP contribution is 2.04. The van der Waals surface area contributed by atoms with Crippen LogP contribution in [0.5, 0.6) is 0 Å². The maximum Gasteiger partial charge on any atom is 0.249 e. The molecule has 0 aliphatic carbocycles. The fraction of sp³-hybridized carbons (Fsp3) is 0.250. The van der Waals surface area contributed by atoms with Gasteiger partial charge in [0.1, 0.15) is 13.7 Å². The Morgan fingerprint density at radius 1 is 1.29 bits per heavy atom. The molecule has 0 bridgehead atoms. The van der Waals surface area contributed by atoms with Crippen LogP contribution in [0.2, 0.25) is 19.6 Å². The molecule has 2 rings (SSSR count). The van der Waals surface area contributed by atoms with E-state index in [4.69, 9.17) is 0 Å². The first-order valence-electron chi connectivity index (χ1n) is 5.33. The van der Waals surface area contributed by atoms with E-state index in [0.29, 0.717) is 11.5 Å². The number of hydrogen-bond acceptors (Lipinski definition) is 3. The molecular weight excluding hydrogens is 230 g/mol. The average molecular weight is 243 g/mol. The number of nitrogens with zero attached hydrogens (tertiary/aromatic N) is 2. The van der Waals surface area contributed by atoms with Gasteiger partial charge in [-0.2, -0.15) is 0 Å². The van der Waals surface area contributed by atoms with Crippen LogP contribution in [0.1, 0.15) is 5.82 Å². The zero-order valence-electron chi connectivity index (χ0n) is 10.0. The van der Waals surface area contributed by atoms with Crippen LogP contribution in [-0.4, -0.2) is 23.0 Å². The lowest BCUT2D eigenvalue weighted by atomic mass is 10.3. The maximum atomic E-state index is 11.2. The Kier molecular flexibility index (Phi) is 2.82. The summed E-state index contributed by atoms with van der Waals surface area (Å²) in [5.41, 5.74) is 3.56. The van der Waals surface area contributed by atoms with Gasteiger partial charge in [0.05, 0.1) is 0 Å². The van der Waals surface area contributed by atoms with Gasteiger partial charge in [0.2, 0.25) is 11.4 Å². The minimum absolute atomic E-state index is 0.166. The highest BCUT2D eigenvalue weighted by Gasteiger charge is 2.08. The molecule has 0 unspecified atom stereocenters. The van der Waals surface area contributed by atoms with Gasteiger partial charge in [0.25, 0.3) is 0 Å². The summed E-state index contributed by atoms with van der Waals surface area (Å²) >= 11 is 0. The van der Waals surface area contributed by atoms with Crippen LogP contribution in [0.3, 0.4) is 0 Å². The summed E-state index contributed by atoms with van der Waals surface area (Å²) in [6, 6.07) is 3.16. The van der Waals surface area contributed by atoms with E-state index in [1.807, 2.05) is 0 Å². The fourth-order valence-electron chi connectivity index (χ4n) is 1.24. The minimum Gasteiger partial charge on any atom is -0.306 e. The van der Waals surface area contributed by atoms with Crippen molar-refractivity contribution in [1.82, 2.24) is 15.0 Å². The van der Waals surface area contributed by atoms with Gasteiger partial charge < -0.3 is 4.98 Å². The van der Waals surface area contributed by atoms with Gasteiger partial charge >= 0.3 is 0 Å². The zero-order valence-corrected chi connectivity index (χ0v) is 11.0. The van der Waals surface area contributed by atoms with Crippen molar-refractivity contribution in [2.45, 2.75) is 19.6 Å². The summed E-state index contributed by atoms with van der Waals surface area (Å²) in [6.07, 6.45) is 1.67. The van der Waals surface area contributed by atoms with E-state index < -0.39 is 8.07 Å². The Bertz CT molecular complexity index is 674. The molecule has 0 saturated heterocycles. The molecule has 0 aliphatic rings. The summed E-state index contributed by atoms with van der Waals surface area (Å²) in [6.45, 7) is 6.47. The number of aromatic amines is 1. The number of fused-ring (bicyclic) bond motifs is 1. The normalized spacial score (nSPS) is 11.0. The summed E-state index contributed by atoms with van der Waals surface area (Å²) in [7, 11) is -1.43. The Labute approximate surface area is 100 Å². The molecular formula is C12H13N3OSi. The van der Waals surface area contributed by atoms with Gasteiger partial charge in [-0.25, -0.2) is 9.97 Å². The molecule has 0 aliphatic heterocycles. The highest BCUT2D eigenvalue weighted by molar-refractivity contribution is 6.83. The van der Waals surface area contributed by atoms with Gasteiger partial charge in [0.15, 0.2) is 0 Å². The van der Waals surface area contributed by atoms with Crippen molar-refractivity contribution in [3.63, 3.8) is 0 Å². The molecule has 0 saturated carbocycles. The number of aromatic nitrogens is 3. The molecule has 2 aromatic heterocycles. The molecule has 0 spiro atoms. The molecule has 0 radical (unpaired) electrons. The van der Waals surface area contributed by atoms with Crippen molar-refractivity contribution in [1.29, 1.82) is 0 Å². The molecule has 0 amide bonds. The van der Waals surface area contributed by atoms with Gasteiger partial charge in [-0.15, -0.1) is 5.54 Å². The van der Waals surface area contributed by atoms with Crippen LogP contribution >= 0.6 is 0 Å².